The van der Waals surface area contributed by atoms with E-state index >= 15 is 0 Å². The van der Waals surface area contributed by atoms with Crippen LogP contribution in [0.3, 0.4) is 0 Å². The molecule has 0 atom stereocenters. The molecule has 4 N–H and O–H groups in total. The van der Waals surface area contributed by atoms with Gasteiger partial charge in [-0.25, -0.2) is 0 Å². The Labute approximate surface area is 94.4 Å². The normalized spacial score (nSPS) is 10.0. The maximum atomic E-state index is 10.7. The van der Waals surface area contributed by atoms with E-state index in [9.17, 15) is 10.1 Å². The summed E-state index contributed by atoms with van der Waals surface area (Å²) < 4.78 is 0.476. The molecule has 15 heavy (non-hydrogen) atoms. The lowest BCUT2D eigenvalue weighted by atomic mass is 10.2. The molecule has 0 radical (unpaired) electrons. The monoisotopic (exact) mass is 275 g/mol. The van der Waals surface area contributed by atoms with Gasteiger partial charge in [0, 0.05) is 22.8 Å². The number of anilines is 2. The quantitative estimate of drug-likeness (QED) is 0.437. The first-order valence-corrected chi connectivity index (χ1v) is 4.93. The number of hydrogen-bond acceptors (Lipinski definition) is 5. The second-order valence-corrected chi connectivity index (χ2v) is 3.65. The summed E-state index contributed by atoms with van der Waals surface area (Å²) in [6.07, 6.45) is 0. The largest absolute Gasteiger partial charge is 0.398 e. The molecule has 0 amide bonds. The molecule has 1 rings (SSSR count). The van der Waals surface area contributed by atoms with Crippen molar-refractivity contribution in [1.29, 1.82) is 0 Å². The second-order valence-electron chi connectivity index (χ2n) is 2.80. The van der Waals surface area contributed by atoms with Crippen LogP contribution >= 0.6 is 15.9 Å². The minimum absolute atomic E-state index is 0.0791. The molecule has 7 heteroatoms. The fourth-order valence-corrected chi connectivity index (χ4v) is 1.39. The number of nitrogens with zero attached hydrogens (tertiary/aromatic N) is 1. The number of benzene rings is 1. The van der Waals surface area contributed by atoms with Crippen molar-refractivity contribution in [2.45, 2.75) is 0 Å². The fourth-order valence-electron chi connectivity index (χ4n) is 1.06. The van der Waals surface area contributed by atoms with Crippen molar-refractivity contribution in [2.24, 2.45) is 0 Å². The molecule has 0 unspecified atom stereocenters. The Morgan fingerprint density at radius 3 is 2.80 bits per heavy atom. The van der Waals surface area contributed by atoms with Gasteiger partial charge in [-0.3, -0.25) is 10.1 Å². The first kappa shape index (κ1) is 11.7. The number of nitrogens with one attached hydrogen (secondary N) is 1. The average Bonchev–Trinajstić information content (AvgIpc) is 2.19. The molecule has 1 aromatic rings. The number of nitrogen functional groups attached to an aromatic ring is 1. The third-order valence-electron chi connectivity index (χ3n) is 1.74. The SMILES string of the molecule is Nc1cc(NCCO)c([N+](=O)[O-])cc1Br. The lowest BCUT2D eigenvalue weighted by Gasteiger charge is -2.07. The average molecular weight is 276 g/mol. The van der Waals surface area contributed by atoms with Crippen LogP contribution in [0, 0.1) is 10.1 Å². The predicted octanol–water partition coefficient (Wildman–Crippen LogP) is 1.34. The van der Waals surface area contributed by atoms with Crippen molar-refractivity contribution in [3.8, 4) is 0 Å². The van der Waals surface area contributed by atoms with Gasteiger partial charge < -0.3 is 16.2 Å². The van der Waals surface area contributed by atoms with Gasteiger partial charge in [0.1, 0.15) is 5.69 Å². The standard InChI is InChI=1S/C8H10BrN3O3/c9-5-3-8(12(14)15)7(4-6(5)10)11-1-2-13/h3-4,11,13H,1-2,10H2. The third kappa shape index (κ3) is 2.80. The van der Waals surface area contributed by atoms with Crippen LogP contribution < -0.4 is 11.1 Å². The van der Waals surface area contributed by atoms with Crippen LogP contribution in [0.25, 0.3) is 0 Å². The molecule has 82 valence electrons. The summed E-state index contributed by atoms with van der Waals surface area (Å²) in [5, 5.41) is 22.0. The zero-order chi connectivity index (χ0) is 11.4. The number of halogens is 1. The zero-order valence-corrected chi connectivity index (χ0v) is 9.32. The zero-order valence-electron chi connectivity index (χ0n) is 7.74. The number of nitrogens with two attached hydrogens (primary N) is 1. The highest BCUT2D eigenvalue weighted by Gasteiger charge is 2.15. The Bertz CT molecular complexity index is 384. The van der Waals surface area contributed by atoms with E-state index in [0.717, 1.165) is 0 Å². The Hall–Kier alpha value is -1.34. The smallest absolute Gasteiger partial charge is 0.293 e. The van der Waals surface area contributed by atoms with Crippen molar-refractivity contribution < 1.29 is 10.0 Å². The van der Waals surface area contributed by atoms with E-state index in [1.807, 2.05) is 0 Å². The summed E-state index contributed by atoms with van der Waals surface area (Å²) in [6.45, 7) is 0.134. The molecule has 0 saturated heterocycles. The van der Waals surface area contributed by atoms with Crippen molar-refractivity contribution in [1.82, 2.24) is 0 Å². The lowest BCUT2D eigenvalue weighted by Crippen LogP contribution is -2.08. The second kappa shape index (κ2) is 4.94. The van der Waals surface area contributed by atoms with Gasteiger partial charge in [-0.1, -0.05) is 0 Å². The van der Waals surface area contributed by atoms with Crippen LogP contribution in [0.2, 0.25) is 0 Å². The van der Waals surface area contributed by atoms with E-state index in [0.29, 0.717) is 15.8 Å². The maximum absolute atomic E-state index is 10.7. The van der Waals surface area contributed by atoms with Gasteiger partial charge in [-0.05, 0) is 22.0 Å². The van der Waals surface area contributed by atoms with Crippen molar-refractivity contribution in [2.75, 3.05) is 24.2 Å². The highest BCUT2D eigenvalue weighted by molar-refractivity contribution is 9.10. The molecule has 0 aliphatic rings. The Morgan fingerprint density at radius 2 is 2.27 bits per heavy atom. The van der Waals surface area contributed by atoms with Gasteiger partial charge in [0.2, 0.25) is 0 Å². The minimum atomic E-state index is -0.510. The van der Waals surface area contributed by atoms with Gasteiger partial charge in [-0.2, -0.15) is 0 Å². The summed E-state index contributed by atoms with van der Waals surface area (Å²) >= 11 is 3.11. The van der Waals surface area contributed by atoms with Gasteiger partial charge in [0.05, 0.1) is 11.5 Å². The molecular weight excluding hydrogens is 266 g/mol. The Morgan fingerprint density at radius 1 is 1.60 bits per heavy atom. The van der Waals surface area contributed by atoms with E-state index in [2.05, 4.69) is 21.2 Å². The number of nitro benzene ring substituents is 1. The lowest BCUT2D eigenvalue weighted by molar-refractivity contribution is -0.384. The van der Waals surface area contributed by atoms with Gasteiger partial charge in [-0.15, -0.1) is 0 Å². The topological polar surface area (TPSA) is 101 Å². The van der Waals surface area contributed by atoms with Crippen LogP contribution in [0.1, 0.15) is 0 Å². The highest BCUT2D eigenvalue weighted by Crippen LogP contribution is 2.32. The van der Waals surface area contributed by atoms with Crippen LogP contribution in [-0.2, 0) is 0 Å². The fraction of sp³-hybridized carbons (Fsp3) is 0.250. The molecule has 0 spiro atoms. The molecule has 0 heterocycles. The number of aliphatic hydroxyl groups is 1. The van der Waals surface area contributed by atoms with Crippen LogP contribution in [-0.4, -0.2) is 23.2 Å². The van der Waals surface area contributed by atoms with Crippen molar-refractivity contribution >= 4 is 33.0 Å². The maximum Gasteiger partial charge on any atom is 0.293 e. The number of aliphatic hydroxyl groups excluding tert-OH is 1. The molecule has 6 nitrogen and oxygen atoms in total. The van der Waals surface area contributed by atoms with E-state index in [1.54, 1.807) is 0 Å². The first-order valence-electron chi connectivity index (χ1n) is 4.14. The van der Waals surface area contributed by atoms with Crippen LogP contribution in [0.5, 0.6) is 0 Å². The summed E-state index contributed by atoms with van der Waals surface area (Å²) in [5.74, 6) is 0. The number of nitro groups is 1. The predicted molar refractivity (Wildman–Crippen MR) is 60.8 cm³/mol. The molecule has 1 aromatic carbocycles. The van der Waals surface area contributed by atoms with E-state index in [-0.39, 0.29) is 18.8 Å². The first-order chi connectivity index (χ1) is 7.06. The summed E-state index contributed by atoms with van der Waals surface area (Å²) in [6, 6.07) is 2.78. The van der Waals surface area contributed by atoms with Crippen molar-refractivity contribution in [3.05, 3.63) is 26.7 Å². The molecule has 0 aliphatic heterocycles. The van der Waals surface area contributed by atoms with Crippen LogP contribution in [0.15, 0.2) is 16.6 Å². The van der Waals surface area contributed by atoms with Gasteiger partial charge >= 0.3 is 0 Å². The number of hydrogen-bond donors (Lipinski definition) is 3. The minimum Gasteiger partial charge on any atom is -0.398 e. The van der Waals surface area contributed by atoms with E-state index < -0.39 is 4.92 Å². The molecule has 0 fully saturated rings. The summed E-state index contributed by atoms with van der Waals surface area (Å²) in [7, 11) is 0. The Balaban J connectivity index is 3.10. The van der Waals surface area contributed by atoms with E-state index in [4.69, 9.17) is 10.8 Å². The van der Waals surface area contributed by atoms with Crippen molar-refractivity contribution in [3.63, 3.8) is 0 Å². The van der Waals surface area contributed by atoms with Gasteiger partial charge in [0.25, 0.3) is 5.69 Å². The van der Waals surface area contributed by atoms with Crippen LogP contribution in [0.4, 0.5) is 17.1 Å². The molecule has 0 aromatic heterocycles. The summed E-state index contributed by atoms with van der Waals surface area (Å²) in [5.41, 5.74) is 6.21. The molecule has 0 aliphatic carbocycles. The number of rotatable bonds is 4. The highest BCUT2D eigenvalue weighted by atomic mass is 79.9. The van der Waals surface area contributed by atoms with E-state index in [1.165, 1.54) is 12.1 Å². The van der Waals surface area contributed by atoms with Gasteiger partial charge in [0.15, 0.2) is 0 Å². The summed E-state index contributed by atoms with van der Waals surface area (Å²) in [4.78, 5) is 10.2. The third-order valence-corrected chi connectivity index (χ3v) is 2.43. The molecular formula is C8H10BrN3O3. The molecule has 0 saturated carbocycles. The molecule has 0 bridgehead atoms. The Kier molecular flexibility index (Phi) is 3.87.